The number of aliphatic carboxylic acids is 1. The number of hydrogen-bond donors (Lipinski definition) is 3. The fourth-order valence-electron chi connectivity index (χ4n) is 5.27. The van der Waals surface area contributed by atoms with Crippen molar-refractivity contribution in [3.63, 3.8) is 0 Å². The average Bonchev–Trinajstić information content (AvgIpc) is 3.44. The third-order valence-electron chi connectivity index (χ3n) is 7.66. The Labute approximate surface area is 246 Å². The molecule has 2 aromatic heterocycles. The monoisotopic (exact) mass is 628 g/mol. The minimum atomic E-state index is -5.08. The summed E-state index contributed by atoms with van der Waals surface area (Å²) in [6.45, 7) is 4.82. The number of carbonyl (C=O) groups excluding carboxylic acids is 1. The van der Waals surface area contributed by atoms with Gasteiger partial charge >= 0.3 is 12.1 Å². The molecule has 0 atom stereocenters. The zero-order valence-electron chi connectivity index (χ0n) is 23.4. The molecule has 5 rings (SSSR count). The summed E-state index contributed by atoms with van der Waals surface area (Å²) in [7, 11) is -0.986. The van der Waals surface area contributed by atoms with Gasteiger partial charge in [0, 0.05) is 42.6 Å². The zero-order valence-corrected chi connectivity index (χ0v) is 25.0. The highest BCUT2D eigenvalue weighted by atomic mass is 32.2. The second kappa shape index (κ2) is 12.7. The summed E-state index contributed by atoms with van der Waals surface area (Å²) in [5, 5.41) is 10.3. The molecule has 42 heavy (non-hydrogen) atoms. The Hall–Kier alpha value is -2.94. The number of primary amides is 1. The SMILES string of the molecule is CCS(=O)(=O)N1CCC(c2c[nH]c3c(C(N)=O)cc(-c4csc(CN(C)CC5CC5)c4)cc23)CC1.O=C(O)C(F)(F)F. The number of halogens is 3. The van der Waals surface area contributed by atoms with Gasteiger partial charge in [-0.25, -0.2) is 17.5 Å². The van der Waals surface area contributed by atoms with E-state index in [1.807, 2.05) is 12.3 Å². The number of aromatic nitrogens is 1. The first kappa shape index (κ1) is 32.0. The molecule has 1 saturated carbocycles. The summed E-state index contributed by atoms with van der Waals surface area (Å²) in [5.74, 6) is -1.98. The van der Waals surface area contributed by atoms with Gasteiger partial charge in [-0.05, 0) is 91.8 Å². The fraction of sp³-hybridized carbons (Fsp3) is 0.500. The van der Waals surface area contributed by atoms with Crippen molar-refractivity contribution >= 4 is 44.1 Å². The van der Waals surface area contributed by atoms with Gasteiger partial charge in [0.05, 0.1) is 16.8 Å². The standard InChI is InChI=1S/C26H34N4O3S2.C2HF3O2/c1-3-35(32,33)30-8-6-18(7-9-30)24-13-28-25-22(24)11-19(12-23(25)26(27)31)20-10-21(34-16-20)15-29(2)14-17-4-5-17;3-2(4,5)1(6)7/h10-13,16-18,28H,3-9,14-15H2,1-2H3,(H2,27,31);(H,6,7). The van der Waals surface area contributed by atoms with Crippen molar-refractivity contribution in [3.05, 3.63) is 45.8 Å². The Balaban J connectivity index is 0.000000517. The largest absolute Gasteiger partial charge is 0.490 e. The molecule has 1 aromatic carbocycles. The number of carboxylic acids is 1. The van der Waals surface area contributed by atoms with Gasteiger partial charge in [0.25, 0.3) is 5.91 Å². The smallest absolute Gasteiger partial charge is 0.475 e. The number of piperidine rings is 1. The van der Waals surface area contributed by atoms with Crippen LogP contribution in [0.4, 0.5) is 13.2 Å². The summed E-state index contributed by atoms with van der Waals surface area (Å²) < 4.78 is 57.9. The molecule has 3 aromatic rings. The first-order valence-corrected chi connectivity index (χ1v) is 16.2. The Kier molecular flexibility index (Phi) is 9.70. The highest BCUT2D eigenvalue weighted by molar-refractivity contribution is 7.89. The maximum Gasteiger partial charge on any atom is 0.490 e. The van der Waals surface area contributed by atoms with Crippen LogP contribution in [0.25, 0.3) is 22.0 Å². The summed E-state index contributed by atoms with van der Waals surface area (Å²) >= 11 is 1.75. The molecule has 0 radical (unpaired) electrons. The molecule has 1 aliphatic carbocycles. The van der Waals surface area contributed by atoms with Crippen LogP contribution in [-0.4, -0.2) is 78.2 Å². The molecule has 2 fully saturated rings. The Morgan fingerprint density at radius 3 is 2.33 bits per heavy atom. The van der Waals surface area contributed by atoms with Gasteiger partial charge in [-0.1, -0.05) is 0 Å². The number of nitrogens with one attached hydrogen (secondary N) is 1. The van der Waals surface area contributed by atoms with Crippen molar-refractivity contribution < 1.29 is 36.3 Å². The second-order valence-corrected chi connectivity index (χ2v) is 14.1. The van der Waals surface area contributed by atoms with Crippen molar-refractivity contribution in [2.45, 2.75) is 51.2 Å². The van der Waals surface area contributed by atoms with Gasteiger partial charge in [0.15, 0.2) is 0 Å². The van der Waals surface area contributed by atoms with Gasteiger partial charge in [0.2, 0.25) is 10.0 Å². The molecule has 9 nitrogen and oxygen atoms in total. The van der Waals surface area contributed by atoms with E-state index in [0.717, 1.165) is 59.4 Å². The Bertz CT molecular complexity index is 1540. The first-order chi connectivity index (χ1) is 19.7. The van der Waals surface area contributed by atoms with Crippen LogP contribution in [0.2, 0.25) is 0 Å². The number of thiophene rings is 1. The molecule has 0 bridgehead atoms. The number of rotatable bonds is 9. The van der Waals surface area contributed by atoms with Crippen LogP contribution < -0.4 is 5.73 Å². The number of carboxylic acid groups (broad SMARTS) is 1. The highest BCUT2D eigenvalue weighted by Gasteiger charge is 2.38. The topological polar surface area (TPSA) is 137 Å². The van der Waals surface area contributed by atoms with Gasteiger partial charge in [-0.2, -0.15) is 13.2 Å². The molecule has 14 heteroatoms. The number of hydrogen-bond acceptors (Lipinski definition) is 6. The number of amides is 1. The van der Waals surface area contributed by atoms with Crippen LogP contribution in [0, 0.1) is 5.92 Å². The van der Waals surface area contributed by atoms with E-state index in [4.69, 9.17) is 15.6 Å². The van der Waals surface area contributed by atoms with E-state index < -0.39 is 28.1 Å². The molecular weight excluding hydrogens is 593 g/mol. The van der Waals surface area contributed by atoms with Crippen molar-refractivity contribution in [3.8, 4) is 11.1 Å². The number of nitrogens with two attached hydrogens (primary N) is 1. The highest BCUT2D eigenvalue weighted by Crippen LogP contribution is 2.38. The summed E-state index contributed by atoms with van der Waals surface area (Å²) in [4.78, 5) is 28.2. The lowest BCUT2D eigenvalue weighted by molar-refractivity contribution is -0.192. The van der Waals surface area contributed by atoms with Gasteiger partial charge in [-0.3, -0.25) is 4.79 Å². The lowest BCUT2D eigenvalue weighted by atomic mass is 9.88. The number of aromatic amines is 1. The number of nitrogens with zero attached hydrogens (tertiary/aromatic N) is 2. The van der Waals surface area contributed by atoms with Crippen molar-refractivity contribution in [2.75, 3.05) is 32.4 Å². The van der Waals surface area contributed by atoms with Crippen molar-refractivity contribution in [2.24, 2.45) is 11.7 Å². The normalized spacial score (nSPS) is 16.9. The van der Waals surface area contributed by atoms with Crippen LogP contribution in [-0.2, 0) is 21.4 Å². The molecule has 1 amide bonds. The lowest BCUT2D eigenvalue weighted by Gasteiger charge is -2.31. The Morgan fingerprint density at radius 2 is 1.79 bits per heavy atom. The van der Waals surface area contributed by atoms with E-state index in [1.165, 1.54) is 17.7 Å². The lowest BCUT2D eigenvalue weighted by Crippen LogP contribution is -2.38. The van der Waals surface area contributed by atoms with Crippen molar-refractivity contribution in [1.29, 1.82) is 0 Å². The number of benzene rings is 1. The van der Waals surface area contributed by atoms with Gasteiger partial charge in [0.1, 0.15) is 0 Å². The molecule has 2 aliphatic rings. The maximum absolute atomic E-state index is 12.4. The van der Waals surface area contributed by atoms with Crippen LogP contribution in [0.3, 0.4) is 0 Å². The maximum atomic E-state index is 12.4. The van der Waals surface area contributed by atoms with Gasteiger partial charge in [-0.15, -0.1) is 11.3 Å². The molecule has 1 saturated heterocycles. The predicted molar refractivity (Wildman–Crippen MR) is 156 cm³/mol. The average molecular weight is 629 g/mol. The quantitative estimate of drug-likeness (QED) is 0.305. The summed E-state index contributed by atoms with van der Waals surface area (Å²) in [5.41, 5.74) is 10.3. The van der Waals surface area contributed by atoms with Crippen LogP contribution in [0.5, 0.6) is 0 Å². The number of sulfonamides is 1. The fourth-order valence-corrected chi connectivity index (χ4v) is 7.37. The first-order valence-electron chi connectivity index (χ1n) is 13.7. The minimum absolute atomic E-state index is 0.134. The van der Waals surface area contributed by atoms with E-state index in [2.05, 4.69) is 34.4 Å². The third kappa shape index (κ3) is 7.71. The second-order valence-electron chi connectivity index (χ2n) is 10.9. The zero-order chi connectivity index (χ0) is 30.8. The third-order valence-corrected chi connectivity index (χ3v) is 10.5. The summed E-state index contributed by atoms with van der Waals surface area (Å²) in [6, 6.07) is 6.27. The van der Waals surface area contributed by atoms with E-state index >= 15 is 0 Å². The molecule has 230 valence electrons. The summed E-state index contributed by atoms with van der Waals surface area (Å²) in [6.07, 6.45) is 1.11. The molecular formula is C28H35F3N4O5S2. The number of alkyl halides is 3. The van der Waals surface area contributed by atoms with Crippen molar-refractivity contribution in [1.82, 2.24) is 14.2 Å². The molecule has 0 spiro atoms. The van der Waals surface area contributed by atoms with E-state index in [1.54, 1.807) is 22.6 Å². The van der Waals surface area contributed by atoms with Crippen LogP contribution in [0.15, 0.2) is 29.8 Å². The van der Waals surface area contributed by atoms with Gasteiger partial charge < -0.3 is 20.7 Å². The molecule has 4 N–H and O–H groups in total. The molecule has 0 unspecified atom stereocenters. The van der Waals surface area contributed by atoms with Crippen LogP contribution in [0.1, 0.15) is 59.3 Å². The molecule has 1 aliphatic heterocycles. The minimum Gasteiger partial charge on any atom is -0.475 e. The number of carbonyl (C=O) groups is 2. The Morgan fingerprint density at radius 1 is 1.14 bits per heavy atom. The van der Waals surface area contributed by atoms with Crippen LogP contribution >= 0.6 is 11.3 Å². The number of H-pyrrole nitrogens is 1. The molecule has 3 heterocycles. The predicted octanol–water partition coefficient (Wildman–Crippen LogP) is 5.00. The van der Waals surface area contributed by atoms with E-state index in [0.29, 0.717) is 18.7 Å². The van der Waals surface area contributed by atoms with E-state index in [-0.39, 0.29) is 11.7 Å². The number of fused-ring (bicyclic) bond motifs is 1. The van der Waals surface area contributed by atoms with E-state index in [9.17, 15) is 26.4 Å².